The van der Waals surface area contributed by atoms with Gasteiger partial charge in [-0.2, -0.15) is 5.10 Å². The Morgan fingerprint density at radius 2 is 2.00 bits per heavy atom. The number of rotatable bonds is 5. The molecule has 2 aromatic carbocycles. The van der Waals surface area contributed by atoms with E-state index in [9.17, 15) is 4.79 Å². The van der Waals surface area contributed by atoms with Gasteiger partial charge in [0, 0.05) is 17.6 Å². The SMILES string of the molecule is NC(=O)c1cccc2c(C3NC4=C(CC=CC=C4)C(NCc4ccccc4)N3)[nH]nc12. The largest absolute Gasteiger partial charge is 0.366 e. The van der Waals surface area contributed by atoms with Crippen LogP contribution in [0.4, 0.5) is 0 Å². The molecule has 0 fully saturated rings. The monoisotopic (exact) mass is 412 g/mol. The fourth-order valence-electron chi connectivity index (χ4n) is 4.15. The van der Waals surface area contributed by atoms with Crippen LogP contribution in [0, 0.1) is 0 Å². The Hall–Kier alpha value is -3.68. The average molecular weight is 412 g/mol. The van der Waals surface area contributed by atoms with E-state index in [1.165, 1.54) is 11.1 Å². The molecule has 1 amide bonds. The minimum absolute atomic E-state index is 0.0356. The summed E-state index contributed by atoms with van der Waals surface area (Å²) in [5, 5.41) is 19.2. The van der Waals surface area contributed by atoms with Gasteiger partial charge in [0.25, 0.3) is 5.91 Å². The summed E-state index contributed by atoms with van der Waals surface area (Å²) in [7, 11) is 0. The molecular weight excluding hydrogens is 388 g/mol. The number of hydrogen-bond donors (Lipinski definition) is 5. The molecule has 1 aliphatic heterocycles. The maximum absolute atomic E-state index is 11.8. The first kappa shape index (κ1) is 19.3. The number of amides is 1. The zero-order valence-corrected chi connectivity index (χ0v) is 16.9. The summed E-state index contributed by atoms with van der Waals surface area (Å²) in [6, 6.07) is 15.8. The van der Waals surface area contributed by atoms with Crippen molar-refractivity contribution in [3.8, 4) is 0 Å². The second kappa shape index (κ2) is 8.22. The fourth-order valence-corrected chi connectivity index (χ4v) is 4.15. The number of nitrogens with two attached hydrogens (primary N) is 1. The number of aromatic amines is 1. The smallest absolute Gasteiger partial charge is 0.250 e. The van der Waals surface area contributed by atoms with E-state index in [0.29, 0.717) is 11.1 Å². The summed E-state index contributed by atoms with van der Waals surface area (Å²) >= 11 is 0. The van der Waals surface area contributed by atoms with Crippen molar-refractivity contribution in [1.29, 1.82) is 0 Å². The summed E-state index contributed by atoms with van der Waals surface area (Å²) in [6.45, 7) is 0.741. The van der Waals surface area contributed by atoms with Crippen LogP contribution in [0.2, 0.25) is 0 Å². The molecule has 7 nitrogen and oxygen atoms in total. The maximum Gasteiger partial charge on any atom is 0.250 e. The van der Waals surface area contributed by atoms with Crippen LogP contribution < -0.4 is 21.7 Å². The van der Waals surface area contributed by atoms with Gasteiger partial charge < -0.3 is 11.1 Å². The first-order valence-corrected chi connectivity index (χ1v) is 10.3. The molecule has 2 heterocycles. The van der Waals surface area contributed by atoms with E-state index in [2.05, 4.69) is 56.5 Å². The van der Waals surface area contributed by atoms with Crippen LogP contribution in [0.25, 0.3) is 10.9 Å². The van der Waals surface area contributed by atoms with E-state index in [1.54, 1.807) is 6.07 Å². The summed E-state index contributed by atoms with van der Waals surface area (Å²) in [4.78, 5) is 11.8. The molecule has 7 heteroatoms. The van der Waals surface area contributed by atoms with Gasteiger partial charge in [0.05, 0.1) is 17.4 Å². The van der Waals surface area contributed by atoms with E-state index in [-0.39, 0.29) is 12.3 Å². The number of para-hydroxylation sites is 1. The number of aromatic nitrogens is 2. The average Bonchev–Trinajstić information content (AvgIpc) is 3.08. The van der Waals surface area contributed by atoms with Crippen LogP contribution in [-0.4, -0.2) is 22.3 Å². The number of H-pyrrole nitrogens is 1. The minimum atomic E-state index is -0.488. The zero-order chi connectivity index (χ0) is 21.2. The number of hydrogen-bond acceptors (Lipinski definition) is 5. The van der Waals surface area contributed by atoms with E-state index in [0.717, 1.165) is 29.7 Å². The van der Waals surface area contributed by atoms with Gasteiger partial charge in [0.2, 0.25) is 0 Å². The van der Waals surface area contributed by atoms with Crippen molar-refractivity contribution in [2.45, 2.75) is 25.3 Å². The molecule has 2 aliphatic rings. The van der Waals surface area contributed by atoms with Crippen LogP contribution >= 0.6 is 0 Å². The fraction of sp³-hybridized carbons (Fsp3) is 0.167. The molecule has 31 heavy (non-hydrogen) atoms. The van der Waals surface area contributed by atoms with Crippen molar-refractivity contribution in [2.75, 3.05) is 0 Å². The molecule has 6 N–H and O–H groups in total. The molecule has 3 aromatic rings. The number of nitrogens with zero attached hydrogens (tertiary/aromatic N) is 1. The van der Waals surface area contributed by atoms with Crippen molar-refractivity contribution >= 4 is 16.8 Å². The number of carbonyl (C=O) groups excluding carboxylic acids is 1. The summed E-state index contributed by atoms with van der Waals surface area (Å²) in [5.74, 6) is -0.488. The second-order valence-electron chi connectivity index (χ2n) is 7.68. The van der Waals surface area contributed by atoms with E-state index in [1.807, 2.05) is 36.4 Å². The van der Waals surface area contributed by atoms with E-state index >= 15 is 0 Å². The normalized spacial score (nSPS) is 20.4. The molecule has 0 spiro atoms. The highest BCUT2D eigenvalue weighted by molar-refractivity contribution is 6.05. The van der Waals surface area contributed by atoms with Gasteiger partial charge in [0.1, 0.15) is 11.7 Å². The van der Waals surface area contributed by atoms with Crippen molar-refractivity contribution in [2.24, 2.45) is 5.73 Å². The lowest BCUT2D eigenvalue weighted by Crippen LogP contribution is -2.53. The van der Waals surface area contributed by atoms with Crippen molar-refractivity contribution < 1.29 is 4.79 Å². The van der Waals surface area contributed by atoms with Crippen molar-refractivity contribution in [1.82, 2.24) is 26.1 Å². The van der Waals surface area contributed by atoms with Gasteiger partial charge in [-0.25, -0.2) is 0 Å². The van der Waals surface area contributed by atoms with Gasteiger partial charge in [-0.15, -0.1) is 0 Å². The molecule has 156 valence electrons. The molecule has 0 bridgehead atoms. The number of benzene rings is 2. The molecule has 0 saturated carbocycles. The Bertz CT molecular complexity index is 1210. The number of primary amides is 1. The minimum Gasteiger partial charge on any atom is -0.366 e. The standard InChI is InChI=1S/C24H24N6O/c25-22(31)18-12-7-11-17-20(18)29-30-21(17)24-27-19-13-6-2-5-10-16(19)23(28-24)26-14-15-8-3-1-4-9-15/h1-9,11-13,23-24,26-28H,10,14H2,(H2,25,31)(H,29,30). The lowest BCUT2D eigenvalue weighted by Gasteiger charge is -2.36. The van der Waals surface area contributed by atoms with Crippen LogP contribution in [0.1, 0.15) is 34.2 Å². The first-order chi connectivity index (χ1) is 15.2. The molecule has 0 radical (unpaired) electrons. The molecule has 2 unspecified atom stereocenters. The Morgan fingerprint density at radius 3 is 2.84 bits per heavy atom. The van der Waals surface area contributed by atoms with Crippen LogP contribution in [0.3, 0.4) is 0 Å². The van der Waals surface area contributed by atoms with Crippen LogP contribution in [0.5, 0.6) is 0 Å². The lowest BCUT2D eigenvalue weighted by molar-refractivity contribution is 0.100. The topological polar surface area (TPSA) is 108 Å². The lowest BCUT2D eigenvalue weighted by atomic mass is 10.0. The molecule has 0 saturated heterocycles. The highest BCUT2D eigenvalue weighted by Gasteiger charge is 2.30. The highest BCUT2D eigenvalue weighted by Crippen LogP contribution is 2.29. The Morgan fingerprint density at radius 1 is 1.13 bits per heavy atom. The summed E-state index contributed by atoms with van der Waals surface area (Å²) in [6.07, 6.45) is 8.95. The predicted octanol–water partition coefficient (Wildman–Crippen LogP) is 2.74. The van der Waals surface area contributed by atoms with Gasteiger partial charge in [0.15, 0.2) is 0 Å². The Labute approximate surface area is 180 Å². The number of fused-ring (bicyclic) bond motifs is 1. The molecule has 5 rings (SSSR count). The summed E-state index contributed by atoms with van der Waals surface area (Å²) in [5.41, 5.74) is 10.9. The quantitative estimate of drug-likeness (QED) is 0.443. The number of carbonyl (C=O) groups is 1. The van der Waals surface area contributed by atoms with Crippen LogP contribution in [0.15, 0.2) is 84.1 Å². The van der Waals surface area contributed by atoms with Gasteiger partial charge in [-0.3, -0.25) is 20.5 Å². The maximum atomic E-state index is 11.8. The van der Waals surface area contributed by atoms with Gasteiger partial charge in [-0.1, -0.05) is 60.7 Å². The van der Waals surface area contributed by atoms with Crippen LogP contribution in [-0.2, 0) is 6.54 Å². The van der Waals surface area contributed by atoms with Crippen molar-refractivity contribution in [3.63, 3.8) is 0 Å². The molecular formula is C24H24N6O. The van der Waals surface area contributed by atoms with E-state index in [4.69, 9.17) is 5.73 Å². The Kier molecular flexibility index (Phi) is 5.11. The molecule has 1 aliphatic carbocycles. The number of allylic oxidation sites excluding steroid dienone is 4. The predicted molar refractivity (Wildman–Crippen MR) is 121 cm³/mol. The molecule has 2 atom stereocenters. The van der Waals surface area contributed by atoms with E-state index < -0.39 is 5.91 Å². The third kappa shape index (κ3) is 3.76. The van der Waals surface area contributed by atoms with Gasteiger partial charge in [-0.05, 0) is 29.7 Å². The van der Waals surface area contributed by atoms with Gasteiger partial charge >= 0.3 is 0 Å². The Balaban J connectivity index is 1.48. The third-order valence-corrected chi connectivity index (χ3v) is 5.70. The summed E-state index contributed by atoms with van der Waals surface area (Å²) < 4.78 is 0. The zero-order valence-electron chi connectivity index (χ0n) is 16.9. The second-order valence-corrected chi connectivity index (χ2v) is 7.68. The number of nitrogens with one attached hydrogen (secondary N) is 4. The van der Waals surface area contributed by atoms with Crippen molar-refractivity contribution in [3.05, 3.63) is 101 Å². The third-order valence-electron chi connectivity index (χ3n) is 5.70. The first-order valence-electron chi connectivity index (χ1n) is 10.3. The highest BCUT2D eigenvalue weighted by atomic mass is 16.1. The molecule has 1 aromatic heterocycles.